The molecule has 0 saturated carbocycles. The number of hydrogen-bond acceptors (Lipinski definition) is 3. The van der Waals surface area contributed by atoms with Crippen LogP contribution >= 0.6 is 11.8 Å². The molecule has 108 valence electrons. The quantitative estimate of drug-likeness (QED) is 0.786. The van der Waals surface area contributed by atoms with E-state index < -0.39 is 0 Å². The van der Waals surface area contributed by atoms with E-state index in [4.69, 9.17) is 4.74 Å². The van der Waals surface area contributed by atoms with Gasteiger partial charge in [0.25, 0.3) is 0 Å². The molecule has 21 heavy (non-hydrogen) atoms. The minimum atomic E-state index is -0.0674. The van der Waals surface area contributed by atoms with Crippen molar-refractivity contribution in [2.45, 2.75) is 24.7 Å². The molecule has 2 aromatic rings. The van der Waals surface area contributed by atoms with Gasteiger partial charge >= 0.3 is 0 Å². The van der Waals surface area contributed by atoms with E-state index in [-0.39, 0.29) is 11.7 Å². The highest BCUT2D eigenvalue weighted by Crippen LogP contribution is 2.42. The lowest BCUT2D eigenvalue weighted by atomic mass is 9.90. The molecule has 3 rings (SSSR count). The third kappa shape index (κ3) is 2.36. The van der Waals surface area contributed by atoms with E-state index in [2.05, 4.69) is 12.1 Å². The monoisotopic (exact) mass is 298 g/mol. The van der Waals surface area contributed by atoms with E-state index in [1.165, 1.54) is 4.90 Å². The number of methoxy groups -OCH3 is 1. The fourth-order valence-electron chi connectivity index (χ4n) is 2.81. The first-order chi connectivity index (χ1) is 10.1. The molecule has 0 N–H and O–H groups in total. The summed E-state index contributed by atoms with van der Waals surface area (Å²) in [5.41, 5.74) is 4.03. The number of aryl methyl sites for hydroxylation is 1. The lowest BCUT2D eigenvalue weighted by Crippen LogP contribution is -2.14. The minimum Gasteiger partial charge on any atom is -0.496 e. The maximum absolute atomic E-state index is 13.0. The van der Waals surface area contributed by atoms with E-state index in [1.54, 1.807) is 18.9 Å². The predicted molar refractivity (Wildman–Crippen MR) is 86.7 cm³/mol. The second-order valence-corrected chi connectivity index (χ2v) is 6.42. The van der Waals surface area contributed by atoms with Gasteiger partial charge in [0.2, 0.25) is 0 Å². The van der Waals surface area contributed by atoms with Gasteiger partial charge in [0.1, 0.15) is 5.75 Å². The van der Waals surface area contributed by atoms with Crippen LogP contribution in [0.5, 0.6) is 5.75 Å². The van der Waals surface area contributed by atoms with Crippen molar-refractivity contribution in [2.75, 3.05) is 12.9 Å². The first-order valence-electron chi connectivity index (χ1n) is 7.03. The summed E-state index contributed by atoms with van der Waals surface area (Å²) >= 11 is 1.76. The minimum absolute atomic E-state index is 0.0674. The normalized spacial score (nSPS) is 16.6. The first kappa shape index (κ1) is 14.2. The molecule has 2 aromatic carbocycles. The second kappa shape index (κ2) is 5.57. The van der Waals surface area contributed by atoms with E-state index in [0.29, 0.717) is 5.56 Å². The van der Waals surface area contributed by atoms with Crippen LogP contribution in [0.1, 0.15) is 33.0 Å². The summed E-state index contributed by atoms with van der Waals surface area (Å²) in [5.74, 6) is 1.62. The molecular weight excluding hydrogens is 280 g/mol. The number of carbonyl (C=O) groups is 1. The van der Waals surface area contributed by atoms with Crippen molar-refractivity contribution in [1.29, 1.82) is 0 Å². The summed E-state index contributed by atoms with van der Waals surface area (Å²) in [6, 6.07) is 12.1. The average Bonchev–Trinajstić information content (AvgIpc) is 2.93. The van der Waals surface area contributed by atoms with Crippen LogP contribution in [0.25, 0.3) is 0 Å². The number of ether oxygens (including phenoxy) is 1. The molecule has 0 amide bonds. The summed E-state index contributed by atoms with van der Waals surface area (Å²) in [6.07, 6.45) is 0. The second-order valence-electron chi connectivity index (χ2n) is 5.35. The molecule has 3 heteroatoms. The van der Waals surface area contributed by atoms with Crippen LogP contribution in [-0.2, 0) is 0 Å². The number of benzene rings is 2. The van der Waals surface area contributed by atoms with Crippen LogP contribution in [0.3, 0.4) is 0 Å². The lowest BCUT2D eigenvalue weighted by Gasteiger charge is -2.16. The van der Waals surface area contributed by atoms with Crippen molar-refractivity contribution in [3.8, 4) is 5.75 Å². The van der Waals surface area contributed by atoms with Gasteiger partial charge in [-0.3, -0.25) is 4.79 Å². The zero-order chi connectivity index (χ0) is 15.0. The Labute approximate surface area is 129 Å². The van der Waals surface area contributed by atoms with Crippen LogP contribution in [0.15, 0.2) is 41.3 Å². The van der Waals surface area contributed by atoms with Gasteiger partial charge in [-0.05, 0) is 42.7 Å². The van der Waals surface area contributed by atoms with Crippen molar-refractivity contribution in [1.82, 2.24) is 0 Å². The van der Waals surface area contributed by atoms with Gasteiger partial charge in [-0.1, -0.05) is 24.3 Å². The highest BCUT2D eigenvalue weighted by molar-refractivity contribution is 7.99. The Morgan fingerprint density at radius 3 is 2.71 bits per heavy atom. The van der Waals surface area contributed by atoms with E-state index in [0.717, 1.165) is 28.2 Å². The number of ketones is 1. The molecule has 1 aliphatic heterocycles. The van der Waals surface area contributed by atoms with Crippen LogP contribution in [-0.4, -0.2) is 18.6 Å². The highest BCUT2D eigenvalue weighted by Gasteiger charge is 2.31. The van der Waals surface area contributed by atoms with Crippen LogP contribution < -0.4 is 4.74 Å². The molecule has 0 aromatic heterocycles. The Kier molecular flexibility index (Phi) is 3.77. The van der Waals surface area contributed by atoms with Gasteiger partial charge in [-0.25, -0.2) is 0 Å². The van der Waals surface area contributed by atoms with Crippen molar-refractivity contribution < 1.29 is 9.53 Å². The number of rotatable bonds is 3. The Bertz CT molecular complexity index is 706. The molecular formula is C18H18O2S. The number of Topliss-reactive ketones (excluding diaryl/α,β-unsaturated/α-hetero) is 1. The summed E-state index contributed by atoms with van der Waals surface area (Å²) in [5, 5.41) is 0. The maximum atomic E-state index is 13.0. The Morgan fingerprint density at radius 2 is 1.95 bits per heavy atom. The standard InChI is InChI=1S/C18H18O2S/c1-11-8-9-14(18(20-3)12(11)2)17(19)15-10-21-16-7-5-4-6-13(15)16/h4-9,15H,10H2,1-3H3. The number of thioether (sulfide) groups is 1. The molecule has 0 fully saturated rings. The molecule has 2 nitrogen and oxygen atoms in total. The van der Waals surface area contributed by atoms with Gasteiger partial charge in [-0.2, -0.15) is 0 Å². The van der Waals surface area contributed by atoms with Crippen LogP contribution in [0.4, 0.5) is 0 Å². The zero-order valence-corrected chi connectivity index (χ0v) is 13.3. The topological polar surface area (TPSA) is 26.3 Å². The lowest BCUT2D eigenvalue weighted by molar-refractivity contribution is 0.0965. The van der Waals surface area contributed by atoms with Crippen molar-refractivity contribution in [3.63, 3.8) is 0 Å². The van der Waals surface area contributed by atoms with E-state index in [9.17, 15) is 4.79 Å². The van der Waals surface area contributed by atoms with Crippen molar-refractivity contribution in [2.24, 2.45) is 0 Å². The number of carbonyl (C=O) groups excluding carboxylic acids is 1. The molecule has 0 bridgehead atoms. The smallest absolute Gasteiger partial charge is 0.174 e. The molecule has 1 atom stereocenters. The predicted octanol–water partition coefficient (Wildman–Crippen LogP) is 4.38. The molecule has 0 saturated heterocycles. The van der Waals surface area contributed by atoms with Gasteiger partial charge in [-0.15, -0.1) is 11.8 Å². The molecule has 1 aliphatic rings. The molecule has 0 radical (unpaired) electrons. The average molecular weight is 298 g/mol. The summed E-state index contributed by atoms with van der Waals surface area (Å²) in [6.45, 7) is 4.04. The van der Waals surface area contributed by atoms with Gasteiger partial charge in [0, 0.05) is 10.6 Å². The highest BCUT2D eigenvalue weighted by atomic mass is 32.2. The number of hydrogen-bond donors (Lipinski definition) is 0. The van der Waals surface area contributed by atoms with Crippen LogP contribution in [0.2, 0.25) is 0 Å². The Hall–Kier alpha value is -1.74. The zero-order valence-electron chi connectivity index (χ0n) is 12.5. The molecule has 1 unspecified atom stereocenters. The van der Waals surface area contributed by atoms with E-state index in [1.807, 2.05) is 38.1 Å². The third-order valence-corrected chi connectivity index (χ3v) is 5.35. The number of fused-ring (bicyclic) bond motifs is 1. The van der Waals surface area contributed by atoms with Gasteiger partial charge in [0.15, 0.2) is 5.78 Å². The molecule has 1 heterocycles. The fraction of sp³-hybridized carbons (Fsp3) is 0.278. The molecule has 0 aliphatic carbocycles. The van der Waals surface area contributed by atoms with Crippen LogP contribution in [0, 0.1) is 13.8 Å². The SMILES string of the molecule is COc1c(C(=O)C2CSc3ccccc32)ccc(C)c1C. The third-order valence-electron chi connectivity index (χ3n) is 4.16. The van der Waals surface area contributed by atoms with E-state index >= 15 is 0 Å². The van der Waals surface area contributed by atoms with Gasteiger partial charge < -0.3 is 4.74 Å². The summed E-state index contributed by atoms with van der Waals surface area (Å²) < 4.78 is 5.50. The first-order valence-corrected chi connectivity index (χ1v) is 8.02. The van der Waals surface area contributed by atoms with Gasteiger partial charge in [0.05, 0.1) is 18.6 Å². The van der Waals surface area contributed by atoms with Crippen molar-refractivity contribution >= 4 is 17.5 Å². The summed E-state index contributed by atoms with van der Waals surface area (Å²) in [4.78, 5) is 14.2. The largest absolute Gasteiger partial charge is 0.496 e. The Balaban J connectivity index is 2.03. The van der Waals surface area contributed by atoms with Crippen molar-refractivity contribution in [3.05, 3.63) is 58.7 Å². The Morgan fingerprint density at radius 1 is 1.19 bits per heavy atom. The molecule has 0 spiro atoms. The fourth-order valence-corrected chi connectivity index (χ4v) is 4.04. The maximum Gasteiger partial charge on any atom is 0.174 e. The summed E-state index contributed by atoms with van der Waals surface area (Å²) in [7, 11) is 1.63.